The predicted molar refractivity (Wildman–Crippen MR) is 117 cm³/mol. The van der Waals surface area contributed by atoms with Crippen molar-refractivity contribution in [1.82, 2.24) is 20.0 Å². The van der Waals surface area contributed by atoms with Crippen molar-refractivity contribution in [2.24, 2.45) is 11.8 Å². The number of rotatable bonds is 5. The minimum Gasteiger partial charge on any atom is -0.336 e. The lowest BCUT2D eigenvalue weighted by atomic mass is 9.92. The lowest BCUT2D eigenvalue weighted by Gasteiger charge is -2.34. The van der Waals surface area contributed by atoms with E-state index < -0.39 is 0 Å². The molecule has 0 bridgehead atoms. The largest absolute Gasteiger partial charge is 0.336 e. The van der Waals surface area contributed by atoms with E-state index in [-0.39, 0.29) is 5.91 Å². The number of anilines is 1. The number of thiazole rings is 1. The van der Waals surface area contributed by atoms with Gasteiger partial charge in [0.15, 0.2) is 5.13 Å². The average molecular weight is 426 g/mol. The van der Waals surface area contributed by atoms with Crippen LogP contribution in [0.5, 0.6) is 0 Å². The van der Waals surface area contributed by atoms with Crippen LogP contribution in [0.15, 0.2) is 16.0 Å². The molecule has 7 nitrogen and oxygen atoms in total. The van der Waals surface area contributed by atoms with Gasteiger partial charge in [-0.05, 0) is 44.1 Å². The number of nitrogens with zero attached hydrogens (tertiary/aromatic N) is 4. The van der Waals surface area contributed by atoms with Gasteiger partial charge in [-0.15, -0.1) is 11.3 Å². The second-order valence-electron chi connectivity index (χ2n) is 9.06. The maximum atomic E-state index is 13.1. The molecule has 2 fully saturated rings. The van der Waals surface area contributed by atoms with Crippen molar-refractivity contribution in [2.75, 3.05) is 18.4 Å². The van der Waals surface area contributed by atoms with Crippen LogP contribution in [0.4, 0.5) is 5.13 Å². The van der Waals surface area contributed by atoms with Crippen LogP contribution in [0.1, 0.15) is 66.5 Å². The fourth-order valence-electron chi connectivity index (χ4n) is 4.63. The third-order valence-corrected chi connectivity index (χ3v) is 6.79. The molecule has 1 saturated carbocycles. The SMILES string of the molecule is Cc1noc2nc(C3CC3)cc(C(=O)Nc3nc(CN4C[C@@H](C)C[C@H](C)C4)cs3)c12. The molecule has 8 heteroatoms. The smallest absolute Gasteiger partial charge is 0.259 e. The first-order valence-corrected chi connectivity index (χ1v) is 11.6. The first-order valence-electron chi connectivity index (χ1n) is 10.7. The standard InChI is InChI=1S/C22H27N5O2S/c1-12-6-13(2)9-27(8-12)10-16-11-30-22(23-16)25-20(28)17-7-18(15-4-5-15)24-21-19(17)14(3)26-29-21/h7,11-13,15H,4-6,8-10H2,1-3H3,(H,23,25,28)/t12-,13-/m0/s1. The first-order chi connectivity index (χ1) is 14.5. The Morgan fingerprint density at radius 2 is 2.03 bits per heavy atom. The van der Waals surface area contributed by atoms with E-state index in [9.17, 15) is 4.79 Å². The van der Waals surface area contributed by atoms with Crippen LogP contribution in [-0.4, -0.2) is 39.0 Å². The predicted octanol–water partition coefficient (Wildman–Crippen LogP) is 4.60. The van der Waals surface area contributed by atoms with Gasteiger partial charge in [-0.3, -0.25) is 15.0 Å². The van der Waals surface area contributed by atoms with Gasteiger partial charge >= 0.3 is 0 Å². The molecule has 1 amide bonds. The normalized spacial score (nSPS) is 22.5. The molecule has 0 aromatic carbocycles. The number of nitrogens with one attached hydrogen (secondary N) is 1. The van der Waals surface area contributed by atoms with Crippen molar-refractivity contribution in [2.45, 2.75) is 52.5 Å². The molecule has 1 aliphatic carbocycles. The fourth-order valence-corrected chi connectivity index (χ4v) is 5.33. The fraction of sp³-hybridized carbons (Fsp3) is 0.545. The number of amides is 1. The molecule has 0 spiro atoms. The zero-order valence-corrected chi connectivity index (χ0v) is 18.5. The van der Waals surface area contributed by atoms with Gasteiger partial charge in [0.1, 0.15) is 0 Å². The number of piperidine rings is 1. The van der Waals surface area contributed by atoms with E-state index in [0.717, 1.165) is 43.9 Å². The number of hydrogen-bond donors (Lipinski definition) is 1. The van der Waals surface area contributed by atoms with Gasteiger partial charge in [0.2, 0.25) is 0 Å². The van der Waals surface area contributed by atoms with E-state index in [1.165, 1.54) is 17.8 Å². The number of carbonyl (C=O) groups excluding carboxylic acids is 1. The average Bonchev–Trinajstić information content (AvgIpc) is 3.36. The van der Waals surface area contributed by atoms with Crippen molar-refractivity contribution >= 4 is 33.5 Å². The summed E-state index contributed by atoms with van der Waals surface area (Å²) in [7, 11) is 0. The van der Waals surface area contributed by atoms with Crippen LogP contribution in [0.2, 0.25) is 0 Å². The Balaban J connectivity index is 1.33. The highest BCUT2D eigenvalue weighted by Crippen LogP contribution is 2.40. The van der Waals surface area contributed by atoms with E-state index in [4.69, 9.17) is 4.52 Å². The molecule has 1 aliphatic heterocycles. The number of hydrogen-bond acceptors (Lipinski definition) is 7. The number of aromatic nitrogens is 3. The Kier molecular flexibility index (Phi) is 5.06. The number of fused-ring (bicyclic) bond motifs is 1. The van der Waals surface area contributed by atoms with Crippen LogP contribution in [0.3, 0.4) is 0 Å². The van der Waals surface area contributed by atoms with E-state index in [2.05, 4.69) is 39.2 Å². The molecule has 2 atom stereocenters. The summed E-state index contributed by atoms with van der Waals surface area (Å²) in [6, 6.07) is 1.89. The lowest BCUT2D eigenvalue weighted by Crippen LogP contribution is -2.38. The Hall–Kier alpha value is -2.32. The van der Waals surface area contributed by atoms with Crippen LogP contribution in [0, 0.1) is 18.8 Å². The van der Waals surface area contributed by atoms with Gasteiger partial charge < -0.3 is 4.52 Å². The molecule has 30 heavy (non-hydrogen) atoms. The van der Waals surface area contributed by atoms with Crippen LogP contribution < -0.4 is 5.32 Å². The molecule has 3 aromatic rings. The van der Waals surface area contributed by atoms with Gasteiger partial charge in [0, 0.05) is 36.6 Å². The summed E-state index contributed by atoms with van der Waals surface area (Å²) >= 11 is 1.47. The Morgan fingerprint density at radius 1 is 1.27 bits per heavy atom. The maximum Gasteiger partial charge on any atom is 0.259 e. The topological polar surface area (TPSA) is 84.1 Å². The highest BCUT2D eigenvalue weighted by Gasteiger charge is 2.29. The van der Waals surface area contributed by atoms with Crippen LogP contribution in [-0.2, 0) is 6.54 Å². The molecule has 3 aromatic heterocycles. The Morgan fingerprint density at radius 3 is 2.77 bits per heavy atom. The van der Waals surface area contributed by atoms with Crippen LogP contribution >= 0.6 is 11.3 Å². The summed E-state index contributed by atoms with van der Waals surface area (Å²) in [4.78, 5) is 24.8. The number of pyridine rings is 1. The van der Waals surface area contributed by atoms with Gasteiger partial charge in [0.05, 0.1) is 22.3 Å². The van der Waals surface area contributed by atoms with Gasteiger partial charge in [0.25, 0.3) is 11.6 Å². The molecular weight excluding hydrogens is 398 g/mol. The second kappa shape index (κ2) is 7.74. The number of aryl methyl sites for hydroxylation is 1. The zero-order chi connectivity index (χ0) is 20.8. The van der Waals surface area contributed by atoms with Gasteiger partial charge in [-0.1, -0.05) is 19.0 Å². The van der Waals surface area contributed by atoms with Crippen molar-refractivity contribution in [3.63, 3.8) is 0 Å². The molecular formula is C22H27N5O2S. The summed E-state index contributed by atoms with van der Waals surface area (Å²) in [6.45, 7) is 9.51. The zero-order valence-electron chi connectivity index (χ0n) is 17.6. The molecule has 5 rings (SSSR count). The highest BCUT2D eigenvalue weighted by molar-refractivity contribution is 7.14. The van der Waals surface area contributed by atoms with Crippen molar-refractivity contribution in [3.8, 4) is 0 Å². The summed E-state index contributed by atoms with van der Waals surface area (Å²) in [6.07, 6.45) is 3.51. The molecule has 4 heterocycles. The first kappa shape index (κ1) is 19.6. The lowest BCUT2D eigenvalue weighted by molar-refractivity contribution is 0.102. The number of carbonyl (C=O) groups is 1. The third-order valence-electron chi connectivity index (χ3n) is 5.98. The van der Waals surface area contributed by atoms with E-state index in [1.807, 2.05) is 18.4 Å². The maximum absolute atomic E-state index is 13.1. The van der Waals surface area contributed by atoms with Crippen molar-refractivity contribution in [3.05, 3.63) is 34.1 Å². The summed E-state index contributed by atoms with van der Waals surface area (Å²) in [5, 5.41) is 10.3. The summed E-state index contributed by atoms with van der Waals surface area (Å²) < 4.78 is 5.35. The van der Waals surface area contributed by atoms with Gasteiger partial charge in [-0.25, -0.2) is 9.97 Å². The minimum absolute atomic E-state index is 0.184. The molecule has 0 unspecified atom stereocenters. The van der Waals surface area contributed by atoms with E-state index in [0.29, 0.717) is 45.2 Å². The van der Waals surface area contributed by atoms with Crippen LogP contribution in [0.25, 0.3) is 11.1 Å². The van der Waals surface area contributed by atoms with Crippen molar-refractivity contribution < 1.29 is 9.32 Å². The molecule has 158 valence electrons. The number of likely N-dealkylation sites (tertiary alicyclic amines) is 1. The summed E-state index contributed by atoms with van der Waals surface area (Å²) in [5.41, 5.74) is 3.61. The molecule has 2 aliphatic rings. The van der Waals surface area contributed by atoms with Crippen molar-refractivity contribution in [1.29, 1.82) is 0 Å². The molecule has 0 radical (unpaired) electrons. The minimum atomic E-state index is -0.184. The van der Waals surface area contributed by atoms with E-state index >= 15 is 0 Å². The molecule has 1 N–H and O–H groups in total. The highest BCUT2D eigenvalue weighted by atomic mass is 32.1. The Bertz CT molecular complexity index is 1080. The molecule has 1 saturated heterocycles. The Labute approximate surface area is 179 Å². The van der Waals surface area contributed by atoms with Gasteiger partial charge in [-0.2, -0.15) is 0 Å². The third kappa shape index (κ3) is 3.98. The van der Waals surface area contributed by atoms with E-state index in [1.54, 1.807) is 0 Å². The summed E-state index contributed by atoms with van der Waals surface area (Å²) in [5.74, 6) is 1.67. The second-order valence-corrected chi connectivity index (χ2v) is 9.91. The quantitative estimate of drug-likeness (QED) is 0.643. The monoisotopic (exact) mass is 425 g/mol.